The molecular weight excluding hydrogens is 198 g/mol. The van der Waals surface area contributed by atoms with Crippen LogP contribution in [0.4, 0.5) is 0 Å². The zero-order valence-corrected chi connectivity index (χ0v) is 9.34. The Morgan fingerprint density at radius 3 is 2.93 bits per heavy atom. The number of carbonyl (C=O) groups is 1. The molecule has 0 fully saturated rings. The Hall–Kier alpha value is -0.870. The molecule has 1 heterocycles. The molecule has 4 heteroatoms. The molecule has 0 unspecified atom stereocenters. The molecule has 1 aromatic rings. The first-order valence-corrected chi connectivity index (χ1v) is 5.45. The minimum absolute atomic E-state index is 0.0448. The lowest BCUT2D eigenvalue weighted by Gasteiger charge is -2.19. The highest BCUT2D eigenvalue weighted by Gasteiger charge is 2.11. The number of methoxy groups -OCH3 is 1. The minimum Gasteiger partial charge on any atom is -0.375 e. The van der Waals surface area contributed by atoms with Gasteiger partial charge in [0.1, 0.15) is 6.61 Å². The second-order valence-electron chi connectivity index (χ2n) is 2.92. The quantitative estimate of drug-likeness (QED) is 0.745. The zero-order chi connectivity index (χ0) is 10.4. The van der Waals surface area contributed by atoms with E-state index in [0.29, 0.717) is 6.54 Å². The van der Waals surface area contributed by atoms with Crippen LogP contribution in [0.15, 0.2) is 17.5 Å². The van der Waals surface area contributed by atoms with Crippen LogP contribution < -0.4 is 0 Å². The molecule has 1 amide bonds. The smallest absolute Gasteiger partial charge is 0.248 e. The number of nitrogens with zero attached hydrogens (tertiary/aromatic N) is 1. The van der Waals surface area contributed by atoms with Crippen molar-refractivity contribution in [1.82, 2.24) is 4.90 Å². The predicted molar refractivity (Wildman–Crippen MR) is 57.3 cm³/mol. The van der Waals surface area contributed by atoms with E-state index in [1.165, 1.54) is 12.0 Å². The topological polar surface area (TPSA) is 29.5 Å². The van der Waals surface area contributed by atoms with Crippen molar-refractivity contribution in [3.63, 3.8) is 0 Å². The van der Waals surface area contributed by atoms with Gasteiger partial charge in [-0.3, -0.25) is 4.79 Å². The van der Waals surface area contributed by atoms with Gasteiger partial charge >= 0.3 is 0 Å². The lowest BCUT2D eigenvalue weighted by molar-refractivity contribution is -0.135. The van der Waals surface area contributed by atoms with Gasteiger partial charge in [-0.1, -0.05) is 6.07 Å². The lowest BCUT2D eigenvalue weighted by atomic mass is 10.4. The average Bonchev–Trinajstić information content (AvgIpc) is 2.66. The first-order valence-electron chi connectivity index (χ1n) is 4.57. The molecular formula is C10H15NO2S. The SMILES string of the molecule is CCN(Cc1cccs1)C(=O)COC. The Bertz CT molecular complexity index is 272. The Morgan fingerprint density at radius 1 is 1.64 bits per heavy atom. The van der Waals surface area contributed by atoms with Crippen molar-refractivity contribution in [2.45, 2.75) is 13.5 Å². The van der Waals surface area contributed by atoms with Gasteiger partial charge in [0, 0.05) is 18.5 Å². The van der Waals surface area contributed by atoms with E-state index in [1.807, 2.05) is 24.4 Å². The number of thiophene rings is 1. The summed E-state index contributed by atoms with van der Waals surface area (Å²) in [6.07, 6.45) is 0. The van der Waals surface area contributed by atoms with E-state index in [1.54, 1.807) is 16.2 Å². The monoisotopic (exact) mass is 213 g/mol. The molecule has 0 aliphatic heterocycles. The number of ether oxygens (including phenoxy) is 1. The molecule has 0 bridgehead atoms. The molecule has 0 atom stereocenters. The van der Waals surface area contributed by atoms with Gasteiger partial charge in [-0.25, -0.2) is 0 Å². The summed E-state index contributed by atoms with van der Waals surface area (Å²) in [5.74, 6) is 0.0448. The number of rotatable bonds is 5. The molecule has 0 aliphatic carbocycles. The van der Waals surface area contributed by atoms with E-state index in [4.69, 9.17) is 4.74 Å². The highest BCUT2D eigenvalue weighted by Crippen LogP contribution is 2.11. The van der Waals surface area contributed by atoms with Crippen LogP contribution >= 0.6 is 11.3 Å². The van der Waals surface area contributed by atoms with Crippen LogP contribution in [-0.2, 0) is 16.1 Å². The summed E-state index contributed by atoms with van der Waals surface area (Å²) in [6.45, 7) is 3.55. The highest BCUT2D eigenvalue weighted by molar-refractivity contribution is 7.09. The van der Waals surface area contributed by atoms with Gasteiger partial charge in [0.2, 0.25) is 5.91 Å². The molecule has 0 N–H and O–H groups in total. The van der Waals surface area contributed by atoms with E-state index in [0.717, 1.165) is 6.54 Å². The second-order valence-corrected chi connectivity index (χ2v) is 3.95. The summed E-state index contributed by atoms with van der Waals surface area (Å²) >= 11 is 1.67. The lowest BCUT2D eigenvalue weighted by Crippen LogP contribution is -2.32. The van der Waals surface area contributed by atoms with Crippen molar-refractivity contribution in [3.8, 4) is 0 Å². The Labute approximate surface area is 88.3 Å². The maximum absolute atomic E-state index is 11.5. The third-order valence-electron chi connectivity index (χ3n) is 1.93. The third kappa shape index (κ3) is 3.12. The van der Waals surface area contributed by atoms with Crippen LogP contribution in [0.25, 0.3) is 0 Å². The van der Waals surface area contributed by atoms with Crippen molar-refractivity contribution in [1.29, 1.82) is 0 Å². The summed E-state index contributed by atoms with van der Waals surface area (Å²) in [5.41, 5.74) is 0. The van der Waals surface area contributed by atoms with Crippen molar-refractivity contribution >= 4 is 17.2 Å². The summed E-state index contributed by atoms with van der Waals surface area (Å²) < 4.78 is 4.82. The summed E-state index contributed by atoms with van der Waals surface area (Å²) in [7, 11) is 1.54. The van der Waals surface area contributed by atoms with Gasteiger partial charge in [0.15, 0.2) is 0 Å². The average molecular weight is 213 g/mol. The number of hydrogen-bond acceptors (Lipinski definition) is 3. The number of carbonyl (C=O) groups excluding carboxylic acids is 1. The van der Waals surface area contributed by atoms with E-state index < -0.39 is 0 Å². The van der Waals surface area contributed by atoms with Crippen molar-refractivity contribution in [2.24, 2.45) is 0 Å². The van der Waals surface area contributed by atoms with Crippen molar-refractivity contribution in [2.75, 3.05) is 20.3 Å². The molecule has 1 rings (SSSR count). The van der Waals surface area contributed by atoms with Crippen LogP contribution in [0.1, 0.15) is 11.8 Å². The van der Waals surface area contributed by atoms with Crippen LogP contribution in [0.5, 0.6) is 0 Å². The highest BCUT2D eigenvalue weighted by atomic mass is 32.1. The van der Waals surface area contributed by atoms with Gasteiger partial charge in [0.25, 0.3) is 0 Å². The maximum Gasteiger partial charge on any atom is 0.248 e. The Morgan fingerprint density at radius 2 is 2.43 bits per heavy atom. The number of amides is 1. The molecule has 0 aliphatic rings. The number of hydrogen-bond donors (Lipinski definition) is 0. The molecule has 78 valence electrons. The van der Waals surface area contributed by atoms with E-state index in [-0.39, 0.29) is 12.5 Å². The van der Waals surface area contributed by atoms with Gasteiger partial charge in [-0.2, -0.15) is 0 Å². The Kier molecular flexibility index (Phi) is 4.62. The molecule has 0 saturated carbocycles. The van der Waals surface area contributed by atoms with Crippen LogP contribution in [0.3, 0.4) is 0 Å². The van der Waals surface area contributed by atoms with Crippen LogP contribution in [0.2, 0.25) is 0 Å². The molecule has 0 radical (unpaired) electrons. The fraction of sp³-hybridized carbons (Fsp3) is 0.500. The van der Waals surface area contributed by atoms with Crippen molar-refractivity contribution in [3.05, 3.63) is 22.4 Å². The van der Waals surface area contributed by atoms with E-state index in [2.05, 4.69) is 0 Å². The maximum atomic E-state index is 11.5. The third-order valence-corrected chi connectivity index (χ3v) is 2.79. The fourth-order valence-electron chi connectivity index (χ4n) is 1.18. The fourth-order valence-corrected chi connectivity index (χ4v) is 1.90. The molecule has 0 spiro atoms. The molecule has 14 heavy (non-hydrogen) atoms. The second kappa shape index (κ2) is 5.78. The molecule has 0 aromatic carbocycles. The summed E-state index contributed by atoms with van der Waals surface area (Å²) in [5, 5.41) is 2.02. The van der Waals surface area contributed by atoms with Crippen molar-refractivity contribution < 1.29 is 9.53 Å². The summed E-state index contributed by atoms with van der Waals surface area (Å²) in [4.78, 5) is 14.5. The minimum atomic E-state index is 0.0448. The van der Waals surface area contributed by atoms with Crippen LogP contribution in [-0.4, -0.2) is 31.1 Å². The molecule has 1 aromatic heterocycles. The predicted octanol–water partition coefficient (Wildman–Crippen LogP) is 1.74. The molecule has 3 nitrogen and oxygen atoms in total. The molecule has 0 saturated heterocycles. The van der Waals surface area contributed by atoms with Gasteiger partial charge in [0.05, 0.1) is 6.54 Å². The van der Waals surface area contributed by atoms with Gasteiger partial charge < -0.3 is 9.64 Å². The first-order chi connectivity index (χ1) is 6.77. The largest absolute Gasteiger partial charge is 0.375 e. The van der Waals surface area contributed by atoms with Gasteiger partial charge in [-0.05, 0) is 18.4 Å². The summed E-state index contributed by atoms with van der Waals surface area (Å²) in [6, 6.07) is 4.03. The first kappa shape index (κ1) is 11.2. The Balaban J connectivity index is 2.50. The van der Waals surface area contributed by atoms with E-state index >= 15 is 0 Å². The van der Waals surface area contributed by atoms with E-state index in [9.17, 15) is 4.79 Å². The zero-order valence-electron chi connectivity index (χ0n) is 8.53. The standard InChI is InChI=1S/C10H15NO2S/c1-3-11(10(12)8-13-2)7-9-5-4-6-14-9/h4-6H,3,7-8H2,1-2H3. The number of likely N-dealkylation sites (N-methyl/N-ethyl adjacent to an activating group) is 1. The normalized spacial score (nSPS) is 10.1. The van der Waals surface area contributed by atoms with Gasteiger partial charge in [-0.15, -0.1) is 11.3 Å². The van der Waals surface area contributed by atoms with Crippen LogP contribution in [0, 0.1) is 0 Å².